The van der Waals surface area contributed by atoms with Crippen LogP contribution in [0, 0.1) is 5.92 Å². The number of imide groups is 2. The van der Waals surface area contributed by atoms with Crippen LogP contribution in [-0.2, 0) is 20.9 Å². The van der Waals surface area contributed by atoms with Gasteiger partial charge < -0.3 is 15.8 Å². The molecule has 0 spiro atoms. The van der Waals surface area contributed by atoms with Crippen molar-refractivity contribution in [2.24, 2.45) is 11.7 Å². The Balaban J connectivity index is 1.45. The standard InChI is InChI=1S/C21H26N4O5/c22-9-14-8-12(6-7-30-14)10-23-11-13-2-1-3-15-18(13)21(29)25(20(15)28)16-4-5-17(26)24-19(16)27/h1-3,12,14,16,23H,4-11,22H2,(H,24,26,27). The van der Waals surface area contributed by atoms with Crippen LogP contribution in [0.4, 0.5) is 0 Å². The molecule has 9 heteroatoms. The van der Waals surface area contributed by atoms with Gasteiger partial charge in [-0.25, -0.2) is 0 Å². The molecule has 4 amide bonds. The van der Waals surface area contributed by atoms with E-state index in [1.165, 1.54) is 0 Å². The summed E-state index contributed by atoms with van der Waals surface area (Å²) in [5, 5.41) is 5.60. The maximum Gasteiger partial charge on any atom is 0.262 e. The van der Waals surface area contributed by atoms with Crippen LogP contribution in [0.3, 0.4) is 0 Å². The molecule has 1 aromatic carbocycles. The average Bonchev–Trinajstić information content (AvgIpc) is 2.99. The highest BCUT2D eigenvalue weighted by Crippen LogP contribution is 2.30. The first kappa shape index (κ1) is 20.6. The molecular weight excluding hydrogens is 388 g/mol. The predicted molar refractivity (Wildman–Crippen MR) is 106 cm³/mol. The average molecular weight is 414 g/mol. The third-order valence-corrected chi connectivity index (χ3v) is 6.04. The molecule has 0 radical (unpaired) electrons. The van der Waals surface area contributed by atoms with Crippen LogP contribution in [0.25, 0.3) is 0 Å². The first-order chi connectivity index (χ1) is 14.5. The van der Waals surface area contributed by atoms with E-state index in [1.807, 2.05) is 6.07 Å². The molecule has 2 saturated heterocycles. The molecule has 4 N–H and O–H groups in total. The molecule has 0 aliphatic carbocycles. The third-order valence-electron chi connectivity index (χ3n) is 6.04. The number of nitrogens with one attached hydrogen (secondary N) is 2. The smallest absolute Gasteiger partial charge is 0.262 e. The number of nitrogens with two attached hydrogens (primary N) is 1. The van der Waals surface area contributed by atoms with E-state index in [0.29, 0.717) is 36.7 Å². The number of fused-ring (bicyclic) bond motifs is 1. The molecule has 30 heavy (non-hydrogen) atoms. The maximum absolute atomic E-state index is 13.1. The van der Waals surface area contributed by atoms with Crippen molar-refractivity contribution in [1.29, 1.82) is 0 Å². The zero-order valence-corrected chi connectivity index (χ0v) is 16.7. The number of hydrogen-bond acceptors (Lipinski definition) is 7. The monoisotopic (exact) mass is 414 g/mol. The summed E-state index contributed by atoms with van der Waals surface area (Å²) in [5.74, 6) is -1.50. The lowest BCUT2D eigenvalue weighted by Gasteiger charge is -2.29. The second-order valence-electron chi connectivity index (χ2n) is 8.04. The fourth-order valence-electron chi connectivity index (χ4n) is 4.45. The van der Waals surface area contributed by atoms with Crippen molar-refractivity contribution in [2.75, 3.05) is 19.7 Å². The molecule has 0 aromatic heterocycles. The molecule has 2 fully saturated rings. The zero-order valence-electron chi connectivity index (χ0n) is 16.7. The Morgan fingerprint density at radius 2 is 2.00 bits per heavy atom. The van der Waals surface area contributed by atoms with Gasteiger partial charge in [0.15, 0.2) is 0 Å². The molecule has 1 aromatic rings. The van der Waals surface area contributed by atoms with Crippen LogP contribution in [-0.4, -0.2) is 60.4 Å². The van der Waals surface area contributed by atoms with Gasteiger partial charge in [0.2, 0.25) is 11.8 Å². The summed E-state index contributed by atoms with van der Waals surface area (Å²) in [6, 6.07) is 4.22. The Morgan fingerprint density at radius 1 is 1.17 bits per heavy atom. The zero-order chi connectivity index (χ0) is 21.3. The first-order valence-corrected chi connectivity index (χ1v) is 10.4. The topological polar surface area (TPSA) is 131 Å². The van der Waals surface area contributed by atoms with E-state index < -0.39 is 23.8 Å². The van der Waals surface area contributed by atoms with Gasteiger partial charge in [-0.1, -0.05) is 12.1 Å². The van der Waals surface area contributed by atoms with Crippen LogP contribution < -0.4 is 16.4 Å². The van der Waals surface area contributed by atoms with Crippen molar-refractivity contribution in [3.05, 3.63) is 34.9 Å². The van der Waals surface area contributed by atoms with E-state index in [2.05, 4.69) is 10.6 Å². The normalized spacial score (nSPS) is 26.7. The van der Waals surface area contributed by atoms with E-state index in [9.17, 15) is 19.2 Å². The van der Waals surface area contributed by atoms with Gasteiger partial charge in [0.1, 0.15) is 6.04 Å². The van der Waals surface area contributed by atoms with Crippen molar-refractivity contribution in [1.82, 2.24) is 15.5 Å². The molecule has 0 saturated carbocycles. The summed E-state index contributed by atoms with van der Waals surface area (Å²) in [6.07, 6.45) is 2.20. The number of carbonyl (C=O) groups excluding carboxylic acids is 4. The van der Waals surface area contributed by atoms with Crippen molar-refractivity contribution in [3.63, 3.8) is 0 Å². The summed E-state index contributed by atoms with van der Waals surface area (Å²) < 4.78 is 5.60. The number of nitrogens with zero attached hydrogens (tertiary/aromatic N) is 1. The molecule has 3 atom stereocenters. The van der Waals surface area contributed by atoms with Crippen LogP contribution >= 0.6 is 0 Å². The second kappa shape index (κ2) is 8.63. The van der Waals surface area contributed by atoms with E-state index in [0.717, 1.165) is 29.8 Å². The number of carbonyl (C=O) groups is 4. The lowest BCUT2D eigenvalue weighted by atomic mass is 9.95. The van der Waals surface area contributed by atoms with Crippen LogP contribution in [0.5, 0.6) is 0 Å². The quantitative estimate of drug-likeness (QED) is 0.556. The Morgan fingerprint density at radius 3 is 2.77 bits per heavy atom. The van der Waals surface area contributed by atoms with Crippen molar-refractivity contribution in [3.8, 4) is 0 Å². The number of hydrogen-bond donors (Lipinski definition) is 3. The van der Waals surface area contributed by atoms with Crippen molar-refractivity contribution >= 4 is 23.6 Å². The molecule has 4 rings (SSSR count). The number of ether oxygens (including phenoxy) is 1. The van der Waals surface area contributed by atoms with E-state index in [1.54, 1.807) is 12.1 Å². The highest BCUT2D eigenvalue weighted by Gasteiger charge is 2.45. The minimum atomic E-state index is -0.952. The Bertz CT molecular complexity index is 886. The Kier molecular flexibility index (Phi) is 5.94. The van der Waals surface area contributed by atoms with Gasteiger partial charge in [-0.3, -0.25) is 29.4 Å². The summed E-state index contributed by atoms with van der Waals surface area (Å²) in [5.41, 5.74) is 7.07. The van der Waals surface area contributed by atoms with E-state index >= 15 is 0 Å². The fraction of sp³-hybridized carbons (Fsp3) is 0.524. The number of piperidine rings is 1. The molecule has 9 nitrogen and oxygen atoms in total. The maximum atomic E-state index is 13.1. The van der Waals surface area contributed by atoms with E-state index in [-0.39, 0.29) is 24.9 Å². The largest absolute Gasteiger partial charge is 0.377 e. The van der Waals surface area contributed by atoms with Gasteiger partial charge in [-0.2, -0.15) is 0 Å². The summed E-state index contributed by atoms with van der Waals surface area (Å²) in [7, 11) is 0. The fourth-order valence-corrected chi connectivity index (χ4v) is 4.45. The predicted octanol–water partition coefficient (Wildman–Crippen LogP) is -0.0687. The van der Waals surface area contributed by atoms with Gasteiger partial charge >= 0.3 is 0 Å². The molecule has 3 heterocycles. The summed E-state index contributed by atoms with van der Waals surface area (Å²) in [4.78, 5) is 50.6. The van der Waals surface area contributed by atoms with Crippen LogP contribution in [0.2, 0.25) is 0 Å². The first-order valence-electron chi connectivity index (χ1n) is 10.4. The molecule has 0 bridgehead atoms. The Hall–Kier alpha value is -2.62. The van der Waals surface area contributed by atoms with Crippen LogP contribution in [0.15, 0.2) is 18.2 Å². The molecule has 160 valence electrons. The van der Waals surface area contributed by atoms with Crippen molar-refractivity contribution < 1.29 is 23.9 Å². The van der Waals surface area contributed by atoms with Gasteiger partial charge in [0.05, 0.1) is 17.2 Å². The molecule has 3 unspecified atom stereocenters. The van der Waals surface area contributed by atoms with Gasteiger partial charge in [-0.05, 0) is 43.4 Å². The SMILES string of the molecule is NCC1CC(CNCc2cccc3c2C(=O)N(C2CCC(=O)NC2=O)C3=O)CCO1. The minimum Gasteiger partial charge on any atom is -0.377 e. The van der Waals surface area contributed by atoms with Gasteiger partial charge in [-0.15, -0.1) is 0 Å². The highest BCUT2D eigenvalue weighted by molar-refractivity contribution is 6.24. The van der Waals surface area contributed by atoms with Crippen LogP contribution in [0.1, 0.15) is 52.0 Å². The third kappa shape index (κ3) is 3.88. The van der Waals surface area contributed by atoms with Crippen molar-refractivity contribution in [2.45, 2.75) is 44.4 Å². The number of benzene rings is 1. The molecule has 3 aliphatic rings. The molecule has 3 aliphatic heterocycles. The second-order valence-corrected chi connectivity index (χ2v) is 8.04. The molecular formula is C21H26N4O5. The van der Waals surface area contributed by atoms with Gasteiger partial charge in [0, 0.05) is 26.1 Å². The summed E-state index contributed by atoms with van der Waals surface area (Å²) in [6.45, 7) is 2.41. The lowest BCUT2D eigenvalue weighted by molar-refractivity contribution is -0.136. The van der Waals surface area contributed by atoms with Gasteiger partial charge in [0.25, 0.3) is 11.8 Å². The van der Waals surface area contributed by atoms with E-state index in [4.69, 9.17) is 10.5 Å². The highest BCUT2D eigenvalue weighted by atomic mass is 16.5. The summed E-state index contributed by atoms with van der Waals surface area (Å²) >= 11 is 0. The lowest BCUT2D eigenvalue weighted by Crippen LogP contribution is -2.54. The number of amides is 4. The Labute approximate surface area is 174 Å². The number of rotatable bonds is 6. The minimum absolute atomic E-state index is 0.0906.